The number of anilines is 1. The largest absolute Gasteiger partial charge is 0.323 e. The van der Waals surface area contributed by atoms with Crippen LogP contribution >= 0.6 is 15.9 Å². The summed E-state index contributed by atoms with van der Waals surface area (Å²) in [5, 5.41) is 0. The van der Waals surface area contributed by atoms with Gasteiger partial charge in [-0.25, -0.2) is 18.1 Å². The van der Waals surface area contributed by atoms with Gasteiger partial charge in [0, 0.05) is 4.47 Å². The summed E-state index contributed by atoms with van der Waals surface area (Å²) in [5.74, 6) is 0.203. The number of halogens is 1. The molecule has 0 fully saturated rings. The van der Waals surface area contributed by atoms with Gasteiger partial charge in [0.1, 0.15) is 0 Å². The predicted octanol–water partition coefficient (Wildman–Crippen LogP) is 3.13. The highest BCUT2D eigenvalue weighted by Crippen LogP contribution is 2.19. The number of sulfonamides is 1. The number of aromatic amines is 1. The van der Waals surface area contributed by atoms with E-state index in [4.69, 9.17) is 0 Å². The third-order valence-corrected chi connectivity index (χ3v) is 4.63. The maximum absolute atomic E-state index is 12.2. The van der Waals surface area contributed by atoms with E-state index in [-0.39, 0.29) is 10.8 Å². The Morgan fingerprint density at radius 2 is 1.75 bits per heavy atom. The molecule has 0 unspecified atom stereocenters. The van der Waals surface area contributed by atoms with Crippen LogP contribution in [-0.4, -0.2) is 18.4 Å². The van der Waals surface area contributed by atoms with Crippen LogP contribution < -0.4 is 4.72 Å². The quantitative estimate of drug-likeness (QED) is 0.761. The first-order chi connectivity index (χ1) is 9.54. The Morgan fingerprint density at radius 3 is 2.45 bits per heavy atom. The fraction of sp³-hybridized carbons (Fsp3) is 0. The third-order valence-electron chi connectivity index (χ3n) is 2.74. The smallest absolute Gasteiger partial charge is 0.264 e. The minimum Gasteiger partial charge on any atom is -0.323 e. The molecule has 0 aliphatic rings. The van der Waals surface area contributed by atoms with E-state index in [1.807, 2.05) is 24.3 Å². The summed E-state index contributed by atoms with van der Waals surface area (Å²) in [6, 6.07) is 13.7. The molecule has 0 bridgehead atoms. The van der Waals surface area contributed by atoms with Crippen LogP contribution in [0.2, 0.25) is 0 Å². The molecule has 102 valence electrons. The minimum absolute atomic E-state index is 0.182. The number of imidazole rings is 1. The summed E-state index contributed by atoms with van der Waals surface area (Å²) in [5.41, 5.74) is 1.49. The molecule has 2 N–H and O–H groups in total. The summed E-state index contributed by atoms with van der Waals surface area (Å²) in [6.07, 6.45) is 0. The monoisotopic (exact) mass is 351 g/mol. The number of fused-ring (bicyclic) bond motifs is 1. The molecule has 0 amide bonds. The molecule has 20 heavy (non-hydrogen) atoms. The van der Waals surface area contributed by atoms with Gasteiger partial charge in [-0.15, -0.1) is 0 Å². The zero-order valence-corrected chi connectivity index (χ0v) is 12.6. The second-order valence-electron chi connectivity index (χ2n) is 4.16. The highest BCUT2D eigenvalue weighted by molar-refractivity contribution is 9.10. The normalized spacial score (nSPS) is 11.7. The van der Waals surface area contributed by atoms with Crippen molar-refractivity contribution in [2.75, 3.05) is 4.72 Å². The van der Waals surface area contributed by atoms with Gasteiger partial charge in [0.05, 0.1) is 15.9 Å². The Balaban J connectivity index is 1.94. The zero-order valence-electron chi connectivity index (χ0n) is 10.2. The van der Waals surface area contributed by atoms with Gasteiger partial charge in [-0.2, -0.15) is 0 Å². The second kappa shape index (κ2) is 4.92. The minimum atomic E-state index is -3.64. The molecule has 1 heterocycles. The molecule has 0 saturated carbocycles. The standard InChI is InChI=1S/C13H10BrN3O2S/c14-9-5-7-10(8-6-9)20(18,19)17-13-15-11-3-1-2-4-12(11)16-13/h1-8H,(H2,15,16,17). The van der Waals surface area contributed by atoms with Crippen molar-refractivity contribution in [3.05, 3.63) is 53.0 Å². The number of nitrogens with zero attached hydrogens (tertiary/aromatic N) is 1. The molecular weight excluding hydrogens is 342 g/mol. The predicted molar refractivity (Wildman–Crippen MR) is 81.0 cm³/mol. The van der Waals surface area contributed by atoms with Crippen molar-refractivity contribution >= 4 is 42.9 Å². The van der Waals surface area contributed by atoms with E-state index in [9.17, 15) is 8.42 Å². The van der Waals surface area contributed by atoms with Crippen molar-refractivity contribution in [1.82, 2.24) is 9.97 Å². The molecule has 0 aliphatic carbocycles. The molecule has 0 aliphatic heterocycles. The SMILES string of the molecule is O=S(=O)(Nc1nc2ccccc2[nH]1)c1ccc(Br)cc1. The fourth-order valence-electron chi connectivity index (χ4n) is 1.80. The van der Waals surface area contributed by atoms with Crippen LogP contribution in [0.15, 0.2) is 57.9 Å². The summed E-state index contributed by atoms with van der Waals surface area (Å²) in [4.78, 5) is 7.29. The number of hydrogen-bond acceptors (Lipinski definition) is 3. The van der Waals surface area contributed by atoms with Gasteiger partial charge in [-0.05, 0) is 36.4 Å². The van der Waals surface area contributed by atoms with Gasteiger partial charge in [-0.1, -0.05) is 28.1 Å². The van der Waals surface area contributed by atoms with Crippen LogP contribution in [0.1, 0.15) is 0 Å². The number of hydrogen-bond donors (Lipinski definition) is 2. The maximum atomic E-state index is 12.2. The number of rotatable bonds is 3. The maximum Gasteiger partial charge on any atom is 0.264 e. The molecule has 1 aromatic heterocycles. The lowest BCUT2D eigenvalue weighted by molar-refractivity contribution is 0.601. The summed E-state index contributed by atoms with van der Waals surface area (Å²) >= 11 is 3.27. The van der Waals surface area contributed by atoms with Crippen molar-refractivity contribution in [3.63, 3.8) is 0 Å². The average molecular weight is 352 g/mol. The van der Waals surface area contributed by atoms with Crippen LogP contribution in [-0.2, 0) is 10.0 Å². The van der Waals surface area contributed by atoms with Crippen LogP contribution in [0.25, 0.3) is 11.0 Å². The third kappa shape index (κ3) is 2.54. The van der Waals surface area contributed by atoms with E-state index in [1.165, 1.54) is 12.1 Å². The van der Waals surface area contributed by atoms with Crippen LogP contribution in [0.4, 0.5) is 5.95 Å². The number of benzene rings is 2. The molecule has 3 aromatic rings. The van der Waals surface area contributed by atoms with Gasteiger partial charge < -0.3 is 4.98 Å². The van der Waals surface area contributed by atoms with E-state index in [2.05, 4.69) is 30.6 Å². The summed E-state index contributed by atoms with van der Waals surface area (Å²) in [6.45, 7) is 0. The first-order valence-corrected chi connectivity index (χ1v) is 8.05. The highest BCUT2D eigenvalue weighted by atomic mass is 79.9. The molecule has 0 saturated heterocycles. The van der Waals surface area contributed by atoms with Crippen LogP contribution in [0.5, 0.6) is 0 Å². The number of H-pyrrole nitrogens is 1. The molecule has 3 rings (SSSR count). The Bertz CT molecular complexity index is 824. The summed E-state index contributed by atoms with van der Waals surface area (Å²) < 4.78 is 27.7. The Kier molecular flexibility index (Phi) is 3.23. The number of aromatic nitrogens is 2. The molecule has 2 aromatic carbocycles. The molecule has 7 heteroatoms. The lowest BCUT2D eigenvalue weighted by Gasteiger charge is -2.04. The Morgan fingerprint density at radius 1 is 1.05 bits per heavy atom. The number of para-hydroxylation sites is 2. The molecular formula is C13H10BrN3O2S. The van der Waals surface area contributed by atoms with Gasteiger partial charge in [0.15, 0.2) is 0 Å². The Hall–Kier alpha value is -1.86. The van der Waals surface area contributed by atoms with Crippen LogP contribution in [0.3, 0.4) is 0 Å². The van der Waals surface area contributed by atoms with Gasteiger partial charge in [-0.3, -0.25) is 0 Å². The first-order valence-electron chi connectivity index (χ1n) is 5.78. The lowest BCUT2D eigenvalue weighted by atomic mass is 10.3. The first kappa shape index (κ1) is 13.1. The van der Waals surface area contributed by atoms with Crippen molar-refractivity contribution in [2.24, 2.45) is 0 Å². The molecule has 0 spiro atoms. The van der Waals surface area contributed by atoms with E-state index in [0.29, 0.717) is 5.52 Å². The topological polar surface area (TPSA) is 74.8 Å². The molecule has 0 radical (unpaired) electrons. The fourth-order valence-corrected chi connectivity index (χ4v) is 3.03. The van der Waals surface area contributed by atoms with Crippen molar-refractivity contribution in [2.45, 2.75) is 4.90 Å². The van der Waals surface area contributed by atoms with Gasteiger partial charge in [0.25, 0.3) is 10.0 Å². The van der Waals surface area contributed by atoms with E-state index in [1.54, 1.807) is 12.1 Å². The second-order valence-corrected chi connectivity index (χ2v) is 6.76. The van der Waals surface area contributed by atoms with Crippen molar-refractivity contribution < 1.29 is 8.42 Å². The van der Waals surface area contributed by atoms with E-state index < -0.39 is 10.0 Å². The van der Waals surface area contributed by atoms with Crippen molar-refractivity contribution in [1.29, 1.82) is 0 Å². The van der Waals surface area contributed by atoms with Gasteiger partial charge >= 0.3 is 0 Å². The van der Waals surface area contributed by atoms with E-state index in [0.717, 1.165) is 9.99 Å². The van der Waals surface area contributed by atoms with E-state index >= 15 is 0 Å². The highest BCUT2D eigenvalue weighted by Gasteiger charge is 2.15. The zero-order chi connectivity index (χ0) is 14.2. The summed E-state index contributed by atoms with van der Waals surface area (Å²) in [7, 11) is -3.64. The Labute approximate surface area is 124 Å². The average Bonchev–Trinajstić information content (AvgIpc) is 2.80. The van der Waals surface area contributed by atoms with Crippen molar-refractivity contribution in [3.8, 4) is 0 Å². The number of nitrogens with one attached hydrogen (secondary N) is 2. The van der Waals surface area contributed by atoms with Gasteiger partial charge in [0.2, 0.25) is 5.95 Å². The molecule has 5 nitrogen and oxygen atoms in total. The van der Waals surface area contributed by atoms with Crippen LogP contribution in [0, 0.1) is 0 Å². The lowest BCUT2D eigenvalue weighted by Crippen LogP contribution is -2.13. The molecule has 0 atom stereocenters.